The summed E-state index contributed by atoms with van der Waals surface area (Å²) in [5.74, 6) is 0. The maximum atomic E-state index is 12.4. The molecule has 0 unspecified atom stereocenters. The van der Waals surface area contributed by atoms with Crippen LogP contribution in [0.25, 0.3) is 0 Å². The Bertz CT molecular complexity index is 467. The third-order valence-corrected chi connectivity index (χ3v) is 2.86. The topological polar surface area (TPSA) is 49.8 Å². The average Bonchev–Trinajstić information content (AvgIpc) is 2.97. The van der Waals surface area contributed by atoms with Gasteiger partial charge in [0.1, 0.15) is 0 Å². The van der Waals surface area contributed by atoms with E-state index in [2.05, 4.69) is 6.07 Å². The van der Waals surface area contributed by atoms with Gasteiger partial charge in [-0.15, -0.1) is 0 Å². The van der Waals surface area contributed by atoms with Crippen LogP contribution < -0.4 is 5.73 Å². The van der Waals surface area contributed by atoms with Gasteiger partial charge in [-0.1, -0.05) is 6.07 Å². The van der Waals surface area contributed by atoms with Gasteiger partial charge in [0.15, 0.2) is 0 Å². The zero-order valence-electron chi connectivity index (χ0n) is 8.30. The predicted molar refractivity (Wildman–Crippen MR) is 52.4 cm³/mol. The molecule has 1 aromatic rings. The number of benzene rings is 1. The quantitative estimate of drug-likeness (QED) is 0.748. The van der Waals surface area contributed by atoms with Crippen molar-refractivity contribution in [3.05, 3.63) is 29.3 Å². The molecule has 1 aromatic carbocycles. The number of hydrogen-bond donors (Lipinski definition) is 1. The number of rotatable bonds is 1. The molecular weight excluding hydrogens is 217 g/mol. The van der Waals surface area contributed by atoms with Crippen molar-refractivity contribution < 1.29 is 13.2 Å². The fourth-order valence-corrected chi connectivity index (χ4v) is 1.74. The lowest BCUT2D eigenvalue weighted by atomic mass is 9.94. The van der Waals surface area contributed by atoms with E-state index in [9.17, 15) is 13.2 Å². The lowest BCUT2D eigenvalue weighted by Gasteiger charge is -2.13. The Kier molecular flexibility index (Phi) is 2.12. The van der Waals surface area contributed by atoms with Crippen LogP contribution in [0.15, 0.2) is 18.2 Å². The van der Waals surface area contributed by atoms with E-state index in [1.54, 1.807) is 0 Å². The molecule has 1 fully saturated rings. The van der Waals surface area contributed by atoms with Crippen LogP contribution >= 0.6 is 0 Å². The molecule has 1 saturated carbocycles. The van der Waals surface area contributed by atoms with Gasteiger partial charge in [0, 0.05) is 5.69 Å². The van der Waals surface area contributed by atoms with E-state index in [4.69, 9.17) is 11.0 Å². The maximum absolute atomic E-state index is 12.4. The highest BCUT2D eigenvalue weighted by molar-refractivity contribution is 5.58. The van der Waals surface area contributed by atoms with Gasteiger partial charge < -0.3 is 5.73 Å². The summed E-state index contributed by atoms with van der Waals surface area (Å²) in [5.41, 5.74) is 4.72. The zero-order chi connectivity index (χ0) is 12.0. The molecule has 1 aliphatic rings. The first-order chi connectivity index (χ1) is 7.39. The number of nitrogens with zero attached hydrogens (tertiary/aromatic N) is 1. The Morgan fingerprint density at radius 2 is 1.94 bits per heavy atom. The third-order valence-electron chi connectivity index (χ3n) is 2.86. The largest absolute Gasteiger partial charge is 0.416 e. The molecule has 2 N–H and O–H groups in total. The van der Waals surface area contributed by atoms with E-state index in [-0.39, 0.29) is 5.69 Å². The lowest BCUT2D eigenvalue weighted by Crippen LogP contribution is -2.10. The molecule has 0 aliphatic heterocycles. The van der Waals surface area contributed by atoms with E-state index < -0.39 is 17.2 Å². The average molecular weight is 226 g/mol. The molecule has 0 amide bonds. The van der Waals surface area contributed by atoms with Crippen molar-refractivity contribution in [2.75, 3.05) is 5.73 Å². The molecule has 0 radical (unpaired) electrons. The second-order valence-electron chi connectivity index (χ2n) is 3.99. The molecule has 5 heteroatoms. The van der Waals surface area contributed by atoms with Gasteiger partial charge in [-0.3, -0.25) is 0 Å². The number of anilines is 1. The molecule has 16 heavy (non-hydrogen) atoms. The molecule has 84 valence electrons. The van der Waals surface area contributed by atoms with Gasteiger partial charge in [0.2, 0.25) is 0 Å². The van der Waals surface area contributed by atoms with E-state index >= 15 is 0 Å². The summed E-state index contributed by atoms with van der Waals surface area (Å²) in [6.07, 6.45) is -3.06. The first-order valence-electron chi connectivity index (χ1n) is 4.77. The summed E-state index contributed by atoms with van der Waals surface area (Å²) in [7, 11) is 0. The van der Waals surface area contributed by atoms with Crippen molar-refractivity contribution in [1.29, 1.82) is 5.26 Å². The van der Waals surface area contributed by atoms with Crippen LogP contribution in [0.2, 0.25) is 0 Å². The van der Waals surface area contributed by atoms with Crippen LogP contribution in [0.5, 0.6) is 0 Å². The van der Waals surface area contributed by atoms with Gasteiger partial charge in [0.25, 0.3) is 0 Å². The lowest BCUT2D eigenvalue weighted by molar-refractivity contribution is -0.137. The summed E-state index contributed by atoms with van der Waals surface area (Å²) in [5, 5.41) is 8.94. The molecular formula is C11H9F3N2. The van der Waals surface area contributed by atoms with Gasteiger partial charge in [0.05, 0.1) is 17.0 Å². The molecule has 0 heterocycles. The Hall–Kier alpha value is -1.70. The Morgan fingerprint density at radius 3 is 2.31 bits per heavy atom. The third kappa shape index (κ3) is 1.60. The van der Waals surface area contributed by atoms with Crippen molar-refractivity contribution in [2.24, 2.45) is 0 Å². The number of nitrogen functional groups attached to an aromatic ring is 1. The van der Waals surface area contributed by atoms with Crippen molar-refractivity contribution >= 4 is 5.69 Å². The van der Waals surface area contributed by atoms with Crippen molar-refractivity contribution in [3.63, 3.8) is 0 Å². The van der Waals surface area contributed by atoms with E-state index in [1.807, 2.05) is 0 Å². The number of alkyl halides is 3. The zero-order valence-corrected chi connectivity index (χ0v) is 8.30. The minimum absolute atomic E-state index is 0.0499. The fraction of sp³-hybridized carbons (Fsp3) is 0.364. The molecule has 0 spiro atoms. The van der Waals surface area contributed by atoms with Crippen LogP contribution in [-0.4, -0.2) is 0 Å². The normalized spacial score (nSPS) is 17.9. The highest BCUT2D eigenvalue weighted by Crippen LogP contribution is 2.50. The van der Waals surface area contributed by atoms with Crippen molar-refractivity contribution in [1.82, 2.24) is 0 Å². The SMILES string of the molecule is N#CC1(c2ccc(C(F)(F)F)cc2N)CC1. The summed E-state index contributed by atoms with van der Waals surface area (Å²) in [4.78, 5) is 0. The number of nitrogens with two attached hydrogens (primary N) is 1. The number of halogens is 3. The first kappa shape index (κ1) is 10.8. The second-order valence-corrected chi connectivity index (χ2v) is 3.99. The molecule has 0 atom stereocenters. The first-order valence-corrected chi connectivity index (χ1v) is 4.77. The number of hydrogen-bond acceptors (Lipinski definition) is 2. The fourth-order valence-electron chi connectivity index (χ4n) is 1.74. The minimum atomic E-state index is -4.39. The van der Waals surface area contributed by atoms with Crippen LogP contribution in [0, 0.1) is 11.3 Å². The monoisotopic (exact) mass is 226 g/mol. The molecule has 0 saturated heterocycles. The van der Waals surface area contributed by atoms with Crippen LogP contribution in [0.4, 0.5) is 18.9 Å². The molecule has 0 aromatic heterocycles. The van der Waals surface area contributed by atoms with E-state index in [0.717, 1.165) is 12.1 Å². The minimum Gasteiger partial charge on any atom is -0.398 e. The summed E-state index contributed by atoms with van der Waals surface area (Å²) >= 11 is 0. The molecule has 0 bridgehead atoms. The highest BCUT2D eigenvalue weighted by Gasteiger charge is 2.46. The van der Waals surface area contributed by atoms with E-state index in [0.29, 0.717) is 18.4 Å². The summed E-state index contributed by atoms with van der Waals surface area (Å²) in [6.45, 7) is 0. The Labute approximate surface area is 90.5 Å². The summed E-state index contributed by atoms with van der Waals surface area (Å²) in [6, 6.07) is 5.29. The smallest absolute Gasteiger partial charge is 0.398 e. The second kappa shape index (κ2) is 3.14. The van der Waals surface area contributed by atoms with Gasteiger partial charge in [-0.2, -0.15) is 18.4 Å². The standard InChI is InChI=1S/C11H9F3N2/c12-11(13,14)7-1-2-8(9(16)5-7)10(6-15)3-4-10/h1-2,5H,3-4,16H2. The Morgan fingerprint density at radius 1 is 1.31 bits per heavy atom. The van der Waals surface area contributed by atoms with Crippen LogP contribution in [-0.2, 0) is 11.6 Å². The van der Waals surface area contributed by atoms with Gasteiger partial charge in [-0.25, -0.2) is 0 Å². The van der Waals surface area contributed by atoms with Crippen molar-refractivity contribution in [3.8, 4) is 6.07 Å². The number of nitriles is 1. The highest BCUT2D eigenvalue weighted by atomic mass is 19.4. The summed E-state index contributed by atoms with van der Waals surface area (Å²) < 4.78 is 37.1. The Balaban J connectivity index is 2.43. The van der Waals surface area contributed by atoms with Crippen molar-refractivity contribution in [2.45, 2.75) is 24.4 Å². The van der Waals surface area contributed by atoms with Crippen LogP contribution in [0.3, 0.4) is 0 Å². The molecule has 2 nitrogen and oxygen atoms in total. The van der Waals surface area contributed by atoms with Crippen LogP contribution in [0.1, 0.15) is 24.0 Å². The predicted octanol–water partition coefficient (Wildman–Crippen LogP) is 2.84. The molecule has 1 aliphatic carbocycles. The van der Waals surface area contributed by atoms with Gasteiger partial charge in [-0.05, 0) is 30.5 Å². The van der Waals surface area contributed by atoms with E-state index in [1.165, 1.54) is 6.07 Å². The molecule has 2 rings (SSSR count). The van der Waals surface area contributed by atoms with Gasteiger partial charge >= 0.3 is 6.18 Å². The maximum Gasteiger partial charge on any atom is 0.416 e.